The summed E-state index contributed by atoms with van der Waals surface area (Å²) in [6.45, 7) is 23.4. The van der Waals surface area contributed by atoms with E-state index >= 15 is 0 Å². The Hall–Kier alpha value is 3.31. The molecule has 0 N–H and O–H groups in total. The Balaban J connectivity index is -0.0000000379. The fourth-order valence-electron chi connectivity index (χ4n) is 1.29. The minimum absolute atomic E-state index is 0. The molecule has 0 fully saturated rings. The molecule has 21 heavy (non-hydrogen) atoms. The van der Waals surface area contributed by atoms with Crippen molar-refractivity contribution in [3.8, 4) is 0 Å². The second-order valence-electron chi connectivity index (χ2n) is 6.53. The summed E-state index contributed by atoms with van der Waals surface area (Å²) in [5.41, 5.74) is 0. The van der Waals surface area contributed by atoms with Gasteiger partial charge in [0.1, 0.15) is 0 Å². The molecule has 0 saturated heterocycles. The van der Waals surface area contributed by atoms with Crippen molar-refractivity contribution in [1.29, 1.82) is 0 Å². The van der Waals surface area contributed by atoms with E-state index in [2.05, 4.69) is 75.7 Å². The zero-order chi connectivity index (χ0) is 15.1. The molecule has 0 aliphatic carbocycles. The molecule has 0 amide bonds. The molecule has 0 bridgehead atoms. The predicted molar refractivity (Wildman–Crippen MR) is 88.3 cm³/mol. The smallest absolute Gasteiger partial charge is 0 e. The first kappa shape index (κ1) is 39.4. The molecule has 0 unspecified atom stereocenters. The Morgan fingerprint density at radius 1 is 0.810 bits per heavy atom. The molecular weight excluding hydrogens is 483 g/mol. The van der Waals surface area contributed by atoms with Crippen molar-refractivity contribution in [3.05, 3.63) is 19.3 Å². The molecule has 0 heterocycles. The Morgan fingerprint density at radius 2 is 1.14 bits per heavy atom. The largest absolute Gasteiger partial charge is 0.343 e. The average molecular weight is 522 g/mol. The van der Waals surface area contributed by atoms with Crippen molar-refractivity contribution in [2.24, 2.45) is 17.8 Å². The van der Waals surface area contributed by atoms with Crippen molar-refractivity contribution in [1.82, 2.24) is 0 Å². The molecule has 0 aromatic rings. The first-order valence-corrected chi connectivity index (χ1v) is 7.53. The number of rotatable bonds is 5. The Kier molecular flexibility index (Phi) is 58.4. The summed E-state index contributed by atoms with van der Waals surface area (Å²) in [5.74, 6) is 3.99. The van der Waals surface area contributed by atoms with Gasteiger partial charge in [-0.15, -0.1) is 0 Å². The van der Waals surface area contributed by atoms with Gasteiger partial charge >= 0.3 is 0 Å². The van der Waals surface area contributed by atoms with Crippen LogP contribution in [-0.2, 0) is 98.1 Å². The van der Waals surface area contributed by atoms with Crippen LogP contribution in [-0.4, -0.2) is 0 Å². The number of hydrogen-bond donors (Lipinski definition) is 0. The van der Waals surface area contributed by atoms with Gasteiger partial charge in [0, 0.05) is 98.1 Å². The molecule has 0 spiro atoms. The molecule has 3 heteroatoms. The molecule has 0 nitrogen and oxygen atoms in total. The SMILES string of the molecule is C[C-](C)CC(C)C.C[CH-]CC(C)C.[CH2-]CC(C)C.[Y].[Y].[Y]. The Labute approximate surface area is 213 Å². The molecule has 0 saturated carbocycles. The van der Waals surface area contributed by atoms with Crippen molar-refractivity contribution < 1.29 is 98.1 Å². The molecule has 0 aromatic heterocycles. The van der Waals surface area contributed by atoms with Gasteiger partial charge in [-0.2, -0.15) is 40.0 Å². The second-order valence-corrected chi connectivity index (χ2v) is 6.53. The maximum Gasteiger partial charge on any atom is 0 e. The van der Waals surface area contributed by atoms with Gasteiger partial charge in [0.25, 0.3) is 0 Å². The van der Waals surface area contributed by atoms with Gasteiger partial charge in [-0.1, -0.05) is 59.3 Å². The topological polar surface area (TPSA) is 0 Å². The molecule has 3 radical (unpaired) electrons. The summed E-state index contributed by atoms with van der Waals surface area (Å²) in [6, 6.07) is 0. The Bertz CT molecular complexity index is 126. The summed E-state index contributed by atoms with van der Waals surface area (Å²) in [4.78, 5) is 0. The normalized spacial score (nSPS) is 8.86. The van der Waals surface area contributed by atoms with Crippen LogP contribution in [0.1, 0.15) is 81.6 Å². The standard InChI is InChI=1S/C7H15.C6H13.C5H11.3Y/c1-6(2)5-7(3)4;1-4-5-6(2)3;1-4-5(2)3;;;/h6H,5H2,1-4H3;4,6H,5H2,1-3H3;5H,1,4H2,2-3H3;;;/q3*-1;;;. The third kappa shape index (κ3) is 69.9. The van der Waals surface area contributed by atoms with E-state index in [4.69, 9.17) is 0 Å². The van der Waals surface area contributed by atoms with E-state index in [1.165, 1.54) is 18.8 Å². The fraction of sp³-hybridized carbons (Fsp3) is 0.833. The minimum Gasteiger partial charge on any atom is -0.343 e. The molecule has 0 atom stereocenters. The minimum atomic E-state index is 0. The number of hydrogen-bond acceptors (Lipinski definition) is 0. The van der Waals surface area contributed by atoms with Gasteiger partial charge in [-0.05, 0) is 0 Å². The van der Waals surface area contributed by atoms with Gasteiger partial charge in [0.2, 0.25) is 0 Å². The molecule has 0 aliphatic heterocycles. The zero-order valence-corrected chi connectivity index (χ0v) is 24.9. The summed E-state index contributed by atoms with van der Waals surface area (Å²) >= 11 is 0. The first-order chi connectivity index (χ1) is 8.17. The third-order valence-corrected chi connectivity index (χ3v) is 2.10. The first-order valence-electron chi connectivity index (χ1n) is 7.53. The molecular formula is C18H39Y3-3. The van der Waals surface area contributed by atoms with Crippen molar-refractivity contribution in [2.45, 2.75) is 81.6 Å². The average Bonchev–Trinajstić information content (AvgIpc) is 2.16. The fourth-order valence-corrected chi connectivity index (χ4v) is 1.29. The van der Waals surface area contributed by atoms with E-state index < -0.39 is 0 Å². The predicted octanol–water partition coefficient (Wildman–Crippen LogP) is 6.76. The van der Waals surface area contributed by atoms with Crippen LogP contribution in [0.25, 0.3) is 0 Å². The van der Waals surface area contributed by atoms with Crippen molar-refractivity contribution in [3.63, 3.8) is 0 Å². The van der Waals surface area contributed by atoms with Crippen LogP contribution in [0.5, 0.6) is 0 Å². The molecule has 123 valence electrons. The molecule has 0 rings (SSSR count). The van der Waals surface area contributed by atoms with E-state index in [-0.39, 0.29) is 98.1 Å². The van der Waals surface area contributed by atoms with Crippen molar-refractivity contribution >= 4 is 0 Å². The van der Waals surface area contributed by atoms with Crippen LogP contribution in [0.2, 0.25) is 0 Å². The molecule has 0 aliphatic rings. The van der Waals surface area contributed by atoms with Gasteiger partial charge in [-0.3, -0.25) is 0 Å². The zero-order valence-electron chi connectivity index (χ0n) is 16.4. The van der Waals surface area contributed by atoms with Crippen LogP contribution >= 0.6 is 0 Å². The summed E-state index contributed by atoms with van der Waals surface area (Å²) in [7, 11) is 0. The van der Waals surface area contributed by atoms with Crippen LogP contribution in [0, 0.1) is 37.0 Å². The van der Waals surface area contributed by atoms with E-state index in [0.29, 0.717) is 0 Å². The van der Waals surface area contributed by atoms with E-state index in [1.807, 2.05) is 0 Å². The summed E-state index contributed by atoms with van der Waals surface area (Å²) in [6.07, 6.45) is 5.78. The van der Waals surface area contributed by atoms with E-state index in [1.54, 1.807) is 0 Å². The van der Waals surface area contributed by atoms with E-state index in [9.17, 15) is 0 Å². The maximum atomic E-state index is 3.69. The third-order valence-electron chi connectivity index (χ3n) is 2.10. The Morgan fingerprint density at radius 3 is 1.14 bits per heavy atom. The van der Waals surface area contributed by atoms with Crippen LogP contribution in [0.4, 0.5) is 0 Å². The second kappa shape index (κ2) is 31.1. The van der Waals surface area contributed by atoms with Crippen molar-refractivity contribution in [2.75, 3.05) is 0 Å². The summed E-state index contributed by atoms with van der Waals surface area (Å²) in [5, 5.41) is 0. The van der Waals surface area contributed by atoms with Gasteiger partial charge in [0.05, 0.1) is 0 Å². The van der Waals surface area contributed by atoms with Crippen LogP contribution < -0.4 is 0 Å². The van der Waals surface area contributed by atoms with Crippen LogP contribution in [0.15, 0.2) is 0 Å². The van der Waals surface area contributed by atoms with Gasteiger partial charge in [-0.25, -0.2) is 0 Å². The maximum absolute atomic E-state index is 3.69. The monoisotopic (exact) mass is 522 g/mol. The molecule has 0 aromatic carbocycles. The van der Waals surface area contributed by atoms with E-state index in [0.717, 1.165) is 24.2 Å². The van der Waals surface area contributed by atoms with Crippen LogP contribution in [0.3, 0.4) is 0 Å². The quantitative estimate of drug-likeness (QED) is 0.350. The van der Waals surface area contributed by atoms with Gasteiger partial charge in [0.15, 0.2) is 0 Å². The summed E-state index contributed by atoms with van der Waals surface area (Å²) < 4.78 is 0. The van der Waals surface area contributed by atoms with Gasteiger partial charge < -0.3 is 19.3 Å².